The normalized spacial score (nSPS) is 13.6. The highest BCUT2D eigenvalue weighted by Gasteiger charge is 2.22. The fraction of sp³-hybridized carbons (Fsp3) is 0.304. The van der Waals surface area contributed by atoms with Gasteiger partial charge in [-0.3, -0.25) is 9.59 Å². The number of carbonyl (C=O) groups is 2. The van der Waals surface area contributed by atoms with Crippen molar-refractivity contribution in [3.05, 3.63) is 60.0 Å². The molecule has 1 N–H and O–H groups in total. The Bertz CT molecular complexity index is 1110. The van der Waals surface area contributed by atoms with E-state index in [9.17, 15) is 9.59 Å². The third-order valence-electron chi connectivity index (χ3n) is 5.23. The quantitative estimate of drug-likeness (QED) is 0.529. The van der Waals surface area contributed by atoms with Gasteiger partial charge in [0.1, 0.15) is 5.75 Å². The highest BCUT2D eigenvalue weighted by Crippen LogP contribution is 2.22. The van der Waals surface area contributed by atoms with Gasteiger partial charge in [-0.2, -0.15) is 0 Å². The van der Waals surface area contributed by atoms with Crippen molar-refractivity contribution in [1.29, 1.82) is 0 Å². The van der Waals surface area contributed by atoms with Gasteiger partial charge in [0.15, 0.2) is 0 Å². The number of amides is 2. The van der Waals surface area contributed by atoms with Crippen molar-refractivity contribution >= 4 is 35.0 Å². The monoisotopic (exact) mass is 467 g/mol. The molecule has 0 saturated carbocycles. The first-order valence-corrected chi connectivity index (χ1v) is 11.5. The molecule has 172 valence electrons. The number of piperazine rings is 1. The Kier molecular flexibility index (Phi) is 7.13. The maximum Gasteiger partial charge on any atom is 0.277 e. The van der Waals surface area contributed by atoms with Gasteiger partial charge in [0.2, 0.25) is 11.8 Å². The highest BCUT2D eigenvalue weighted by molar-refractivity contribution is 7.99. The summed E-state index contributed by atoms with van der Waals surface area (Å²) in [7, 11) is 1.59. The molecule has 1 fully saturated rings. The van der Waals surface area contributed by atoms with E-state index in [1.165, 1.54) is 11.8 Å². The average Bonchev–Trinajstić information content (AvgIpc) is 3.28. The number of benzene rings is 2. The summed E-state index contributed by atoms with van der Waals surface area (Å²) in [6.45, 7) is 4.46. The van der Waals surface area contributed by atoms with E-state index in [0.29, 0.717) is 35.5 Å². The van der Waals surface area contributed by atoms with E-state index in [2.05, 4.69) is 20.4 Å². The smallest absolute Gasteiger partial charge is 0.277 e. The third-order valence-corrected chi connectivity index (χ3v) is 6.05. The molecule has 0 unspecified atom stereocenters. The molecule has 1 aromatic heterocycles. The summed E-state index contributed by atoms with van der Waals surface area (Å²) in [5.74, 6) is 1.20. The minimum absolute atomic E-state index is 0.0140. The maximum atomic E-state index is 12.8. The van der Waals surface area contributed by atoms with E-state index in [1.54, 1.807) is 20.1 Å². The van der Waals surface area contributed by atoms with Gasteiger partial charge in [-0.05, 0) is 42.5 Å². The van der Waals surface area contributed by atoms with Crippen molar-refractivity contribution in [2.45, 2.75) is 12.1 Å². The Labute approximate surface area is 196 Å². The summed E-state index contributed by atoms with van der Waals surface area (Å²) in [4.78, 5) is 29.1. The average molecular weight is 468 g/mol. The van der Waals surface area contributed by atoms with E-state index in [-0.39, 0.29) is 17.6 Å². The Morgan fingerprint density at radius 3 is 2.52 bits per heavy atom. The number of hydrogen-bond acceptors (Lipinski definition) is 8. The van der Waals surface area contributed by atoms with E-state index >= 15 is 0 Å². The van der Waals surface area contributed by atoms with Crippen LogP contribution in [0.1, 0.15) is 16.2 Å². The molecule has 4 rings (SSSR count). The summed E-state index contributed by atoms with van der Waals surface area (Å²) < 4.78 is 10.5. The minimum atomic E-state index is -0.145. The van der Waals surface area contributed by atoms with E-state index in [0.717, 1.165) is 24.5 Å². The molecule has 2 heterocycles. The number of aryl methyl sites for hydroxylation is 1. The predicted octanol–water partition coefficient (Wildman–Crippen LogP) is 3.08. The molecule has 2 amide bonds. The van der Waals surface area contributed by atoms with Crippen molar-refractivity contribution in [3.63, 3.8) is 0 Å². The molecule has 0 radical (unpaired) electrons. The van der Waals surface area contributed by atoms with Crippen molar-refractivity contribution in [2.75, 3.05) is 49.3 Å². The van der Waals surface area contributed by atoms with Crippen LogP contribution in [-0.2, 0) is 4.79 Å². The number of nitrogens with one attached hydrogen (secondary N) is 1. The first kappa shape index (κ1) is 22.7. The second-order valence-corrected chi connectivity index (χ2v) is 8.41. The van der Waals surface area contributed by atoms with Gasteiger partial charge in [-0.15, -0.1) is 10.2 Å². The topological polar surface area (TPSA) is 101 Å². The zero-order valence-corrected chi connectivity index (χ0v) is 19.3. The second-order valence-electron chi connectivity index (χ2n) is 7.48. The van der Waals surface area contributed by atoms with Crippen LogP contribution in [0.2, 0.25) is 0 Å². The predicted molar refractivity (Wildman–Crippen MR) is 126 cm³/mol. The number of thioether (sulfide) groups is 1. The molecular weight excluding hydrogens is 442 g/mol. The summed E-state index contributed by atoms with van der Waals surface area (Å²) in [5.41, 5.74) is 2.41. The largest absolute Gasteiger partial charge is 0.497 e. The Hall–Kier alpha value is -3.53. The van der Waals surface area contributed by atoms with Crippen LogP contribution in [0.25, 0.3) is 0 Å². The molecule has 1 saturated heterocycles. The van der Waals surface area contributed by atoms with Crippen LogP contribution in [0.5, 0.6) is 5.75 Å². The molecule has 3 aromatic rings. The lowest BCUT2D eigenvalue weighted by Gasteiger charge is -2.36. The molecule has 0 aliphatic carbocycles. The molecule has 9 nitrogen and oxygen atoms in total. The van der Waals surface area contributed by atoms with Crippen LogP contribution in [0.15, 0.2) is 58.2 Å². The fourth-order valence-corrected chi connectivity index (χ4v) is 4.13. The molecule has 33 heavy (non-hydrogen) atoms. The van der Waals surface area contributed by atoms with Crippen molar-refractivity contribution < 1.29 is 18.7 Å². The van der Waals surface area contributed by atoms with Gasteiger partial charge in [0.25, 0.3) is 11.1 Å². The van der Waals surface area contributed by atoms with Gasteiger partial charge >= 0.3 is 0 Å². The molecule has 0 atom stereocenters. The number of methoxy groups -OCH3 is 1. The SMILES string of the molecule is COc1cccc(C(=O)N2CCN(c3ccc(NC(=O)CSc4nnc(C)o4)cc3)CC2)c1. The second kappa shape index (κ2) is 10.4. The Morgan fingerprint density at radius 1 is 1.09 bits per heavy atom. The zero-order chi connectivity index (χ0) is 23.2. The molecular formula is C23H25N5O4S. The van der Waals surface area contributed by atoms with Crippen LogP contribution in [0, 0.1) is 6.92 Å². The lowest BCUT2D eigenvalue weighted by Crippen LogP contribution is -2.48. The van der Waals surface area contributed by atoms with E-state index < -0.39 is 0 Å². The Morgan fingerprint density at radius 2 is 1.85 bits per heavy atom. The number of ether oxygens (including phenoxy) is 1. The lowest BCUT2D eigenvalue weighted by atomic mass is 10.1. The van der Waals surface area contributed by atoms with Gasteiger partial charge < -0.3 is 24.3 Å². The first-order chi connectivity index (χ1) is 16.0. The highest BCUT2D eigenvalue weighted by atomic mass is 32.2. The number of nitrogens with zero attached hydrogens (tertiary/aromatic N) is 4. The Balaban J connectivity index is 1.26. The van der Waals surface area contributed by atoms with Crippen LogP contribution in [-0.4, -0.2) is 66.0 Å². The fourth-order valence-electron chi connectivity index (χ4n) is 3.52. The minimum Gasteiger partial charge on any atom is -0.497 e. The number of aromatic nitrogens is 2. The number of anilines is 2. The number of rotatable bonds is 7. The molecule has 0 spiro atoms. The standard InChI is InChI=1S/C23H25N5O4S/c1-16-25-26-23(32-16)33-15-21(29)24-18-6-8-19(9-7-18)27-10-12-28(13-11-27)22(30)17-4-3-5-20(14-17)31-2/h3-9,14H,10-13,15H2,1-2H3,(H,24,29). The number of carbonyl (C=O) groups excluding carboxylic acids is 2. The van der Waals surface area contributed by atoms with Crippen LogP contribution < -0.4 is 15.0 Å². The molecule has 0 bridgehead atoms. The summed E-state index contributed by atoms with van der Waals surface area (Å²) in [5, 5.41) is 10.8. The third kappa shape index (κ3) is 5.83. The van der Waals surface area contributed by atoms with Crippen molar-refractivity contribution in [1.82, 2.24) is 15.1 Å². The van der Waals surface area contributed by atoms with Crippen molar-refractivity contribution in [3.8, 4) is 5.75 Å². The van der Waals surface area contributed by atoms with Gasteiger partial charge in [-0.1, -0.05) is 17.8 Å². The molecule has 1 aliphatic rings. The molecule has 2 aromatic carbocycles. The van der Waals surface area contributed by atoms with Crippen LogP contribution in [0.3, 0.4) is 0 Å². The molecule has 10 heteroatoms. The van der Waals surface area contributed by atoms with Gasteiger partial charge in [-0.25, -0.2) is 0 Å². The van der Waals surface area contributed by atoms with E-state index in [1.807, 2.05) is 47.4 Å². The van der Waals surface area contributed by atoms with Crippen LogP contribution in [0.4, 0.5) is 11.4 Å². The first-order valence-electron chi connectivity index (χ1n) is 10.5. The summed E-state index contributed by atoms with van der Waals surface area (Å²) in [6.07, 6.45) is 0. The van der Waals surface area contributed by atoms with Gasteiger partial charge in [0.05, 0.1) is 12.9 Å². The number of hydrogen-bond donors (Lipinski definition) is 1. The maximum absolute atomic E-state index is 12.8. The van der Waals surface area contributed by atoms with E-state index in [4.69, 9.17) is 9.15 Å². The van der Waals surface area contributed by atoms with Crippen LogP contribution >= 0.6 is 11.8 Å². The molecule has 1 aliphatic heterocycles. The summed E-state index contributed by atoms with van der Waals surface area (Å²) in [6, 6.07) is 14.9. The van der Waals surface area contributed by atoms with Crippen molar-refractivity contribution in [2.24, 2.45) is 0 Å². The lowest BCUT2D eigenvalue weighted by molar-refractivity contribution is -0.113. The zero-order valence-electron chi connectivity index (χ0n) is 18.5. The van der Waals surface area contributed by atoms with Gasteiger partial charge in [0, 0.05) is 50.0 Å². The summed E-state index contributed by atoms with van der Waals surface area (Å²) >= 11 is 1.20.